The van der Waals surface area contributed by atoms with E-state index in [1.54, 1.807) is 10.9 Å². The first kappa shape index (κ1) is 16.5. The van der Waals surface area contributed by atoms with Gasteiger partial charge in [-0.25, -0.2) is 0 Å². The molecule has 7 heteroatoms. The predicted molar refractivity (Wildman–Crippen MR) is 96.9 cm³/mol. The van der Waals surface area contributed by atoms with Gasteiger partial charge in [-0.1, -0.05) is 30.3 Å². The van der Waals surface area contributed by atoms with E-state index >= 15 is 0 Å². The normalized spacial score (nSPS) is 16.3. The minimum Gasteiger partial charge on any atom is -0.396 e. The van der Waals surface area contributed by atoms with Gasteiger partial charge in [0.2, 0.25) is 0 Å². The Morgan fingerprint density at radius 3 is 3.00 bits per heavy atom. The van der Waals surface area contributed by atoms with Crippen molar-refractivity contribution >= 4 is 11.6 Å². The van der Waals surface area contributed by atoms with Gasteiger partial charge in [0.05, 0.1) is 18.4 Å². The maximum absolute atomic E-state index is 12.6. The summed E-state index contributed by atoms with van der Waals surface area (Å²) in [6.07, 6.45) is 5.82. The zero-order valence-corrected chi connectivity index (χ0v) is 14.4. The lowest BCUT2D eigenvalue weighted by Gasteiger charge is -2.19. The van der Waals surface area contributed by atoms with Crippen LogP contribution in [0.5, 0.6) is 0 Å². The second-order valence-corrected chi connectivity index (χ2v) is 6.69. The Labute approximate surface area is 151 Å². The summed E-state index contributed by atoms with van der Waals surface area (Å²) in [5.41, 5.74) is 4.15. The molecule has 1 atom stereocenters. The van der Waals surface area contributed by atoms with Gasteiger partial charge in [-0.3, -0.25) is 14.6 Å². The molecule has 7 nitrogen and oxygen atoms in total. The van der Waals surface area contributed by atoms with Crippen LogP contribution < -0.4 is 5.32 Å². The SMILES string of the molecule is O=C(Nc1cnn(Cc2ccccc2)c1)c1n[nH]c2c1CCC(CO)C2. The first-order valence-corrected chi connectivity index (χ1v) is 8.77. The number of aliphatic hydroxyl groups is 1. The fourth-order valence-electron chi connectivity index (χ4n) is 3.40. The molecule has 1 aliphatic rings. The van der Waals surface area contributed by atoms with Crippen molar-refractivity contribution in [3.05, 3.63) is 65.2 Å². The standard InChI is InChI=1S/C19H21N5O2/c25-12-14-6-7-16-17(8-14)22-23-18(16)19(26)21-15-9-20-24(11-15)10-13-4-2-1-3-5-13/h1-5,9,11,14,25H,6-8,10,12H2,(H,21,26)(H,22,23). The van der Waals surface area contributed by atoms with Crippen LogP contribution in [0.1, 0.15) is 33.7 Å². The summed E-state index contributed by atoms with van der Waals surface area (Å²) in [6, 6.07) is 10.0. The molecule has 1 aliphatic carbocycles. The van der Waals surface area contributed by atoms with Crippen LogP contribution in [0.15, 0.2) is 42.7 Å². The lowest BCUT2D eigenvalue weighted by atomic mass is 9.87. The van der Waals surface area contributed by atoms with Crippen molar-refractivity contribution < 1.29 is 9.90 Å². The number of H-pyrrole nitrogens is 1. The quantitative estimate of drug-likeness (QED) is 0.655. The molecule has 3 N–H and O–H groups in total. The van der Waals surface area contributed by atoms with Crippen LogP contribution in [-0.4, -0.2) is 37.6 Å². The number of hydrogen-bond donors (Lipinski definition) is 3. The van der Waals surface area contributed by atoms with Gasteiger partial charge in [0.25, 0.3) is 5.91 Å². The number of rotatable bonds is 5. The summed E-state index contributed by atoms with van der Waals surface area (Å²) in [5, 5.41) is 23.6. The van der Waals surface area contributed by atoms with E-state index in [9.17, 15) is 9.90 Å². The zero-order valence-electron chi connectivity index (χ0n) is 14.4. The molecule has 0 spiro atoms. The highest BCUT2D eigenvalue weighted by molar-refractivity contribution is 6.03. The molecule has 2 aromatic heterocycles. The molecule has 26 heavy (non-hydrogen) atoms. The number of carbonyl (C=O) groups is 1. The van der Waals surface area contributed by atoms with Gasteiger partial charge in [-0.2, -0.15) is 10.2 Å². The van der Waals surface area contributed by atoms with Crippen molar-refractivity contribution in [1.29, 1.82) is 0 Å². The van der Waals surface area contributed by atoms with Crippen molar-refractivity contribution in [3.63, 3.8) is 0 Å². The fraction of sp³-hybridized carbons (Fsp3) is 0.316. The Balaban J connectivity index is 1.44. The van der Waals surface area contributed by atoms with Crippen molar-refractivity contribution in [1.82, 2.24) is 20.0 Å². The number of aromatic amines is 1. The average molecular weight is 351 g/mol. The Morgan fingerprint density at radius 2 is 2.19 bits per heavy atom. The Hall–Kier alpha value is -2.93. The lowest BCUT2D eigenvalue weighted by Crippen LogP contribution is -2.20. The first-order chi connectivity index (χ1) is 12.7. The van der Waals surface area contributed by atoms with E-state index in [2.05, 4.69) is 20.6 Å². The molecular weight excluding hydrogens is 330 g/mol. The van der Waals surface area contributed by atoms with Gasteiger partial charge >= 0.3 is 0 Å². The maximum Gasteiger partial charge on any atom is 0.276 e. The van der Waals surface area contributed by atoms with E-state index in [-0.39, 0.29) is 18.4 Å². The fourth-order valence-corrected chi connectivity index (χ4v) is 3.40. The van der Waals surface area contributed by atoms with Crippen LogP contribution in [-0.2, 0) is 19.4 Å². The number of aromatic nitrogens is 4. The highest BCUT2D eigenvalue weighted by atomic mass is 16.3. The van der Waals surface area contributed by atoms with Crippen LogP contribution in [0.2, 0.25) is 0 Å². The van der Waals surface area contributed by atoms with E-state index < -0.39 is 0 Å². The molecule has 0 radical (unpaired) electrons. The Morgan fingerprint density at radius 1 is 1.35 bits per heavy atom. The number of fused-ring (bicyclic) bond motifs is 1. The monoisotopic (exact) mass is 351 g/mol. The first-order valence-electron chi connectivity index (χ1n) is 8.77. The van der Waals surface area contributed by atoms with Crippen molar-refractivity contribution in [2.75, 3.05) is 11.9 Å². The molecule has 3 aromatic rings. The van der Waals surface area contributed by atoms with Crippen LogP contribution in [0.25, 0.3) is 0 Å². The Bertz CT molecular complexity index is 900. The third-order valence-electron chi connectivity index (χ3n) is 4.80. The molecule has 0 saturated carbocycles. The zero-order chi connectivity index (χ0) is 17.9. The second-order valence-electron chi connectivity index (χ2n) is 6.69. The molecule has 0 aliphatic heterocycles. The van der Waals surface area contributed by atoms with E-state index in [1.165, 1.54) is 0 Å². The smallest absolute Gasteiger partial charge is 0.276 e. The Kier molecular flexibility index (Phi) is 4.53. The number of nitrogens with one attached hydrogen (secondary N) is 2. The van der Waals surface area contributed by atoms with Crippen molar-refractivity contribution in [3.8, 4) is 0 Å². The molecule has 134 valence electrons. The number of nitrogens with zero attached hydrogens (tertiary/aromatic N) is 3. The van der Waals surface area contributed by atoms with Crippen molar-refractivity contribution in [2.24, 2.45) is 5.92 Å². The number of carbonyl (C=O) groups excluding carboxylic acids is 1. The summed E-state index contributed by atoms with van der Waals surface area (Å²) in [5.74, 6) is 0.0132. The highest BCUT2D eigenvalue weighted by Gasteiger charge is 2.26. The molecule has 4 rings (SSSR count). The predicted octanol–water partition coefficient (Wildman–Crippen LogP) is 2.00. The van der Waals surface area contributed by atoms with Crippen LogP contribution in [0.3, 0.4) is 0 Å². The lowest BCUT2D eigenvalue weighted by molar-refractivity contribution is 0.102. The summed E-state index contributed by atoms with van der Waals surface area (Å²) in [7, 11) is 0. The minimum atomic E-state index is -0.232. The number of benzene rings is 1. The second kappa shape index (κ2) is 7.13. The van der Waals surface area contributed by atoms with Gasteiger partial charge in [0.15, 0.2) is 5.69 Å². The van der Waals surface area contributed by atoms with Gasteiger partial charge < -0.3 is 10.4 Å². The molecule has 0 fully saturated rings. The van der Waals surface area contributed by atoms with Gasteiger partial charge in [-0.05, 0) is 30.7 Å². The molecule has 1 unspecified atom stereocenters. The summed E-state index contributed by atoms with van der Waals surface area (Å²) in [4.78, 5) is 12.6. The maximum atomic E-state index is 12.6. The molecule has 1 amide bonds. The molecule has 2 heterocycles. The summed E-state index contributed by atoms with van der Waals surface area (Å²) < 4.78 is 1.79. The van der Waals surface area contributed by atoms with Crippen molar-refractivity contribution in [2.45, 2.75) is 25.8 Å². The third kappa shape index (κ3) is 3.39. The number of hydrogen-bond acceptors (Lipinski definition) is 4. The van der Waals surface area contributed by atoms with Crippen LogP contribution in [0.4, 0.5) is 5.69 Å². The van der Waals surface area contributed by atoms with E-state index in [0.29, 0.717) is 17.9 Å². The minimum absolute atomic E-state index is 0.167. The van der Waals surface area contributed by atoms with Crippen LogP contribution >= 0.6 is 0 Å². The molecule has 1 aromatic carbocycles. The largest absolute Gasteiger partial charge is 0.396 e. The van der Waals surface area contributed by atoms with E-state index in [1.807, 2.05) is 36.5 Å². The summed E-state index contributed by atoms with van der Waals surface area (Å²) >= 11 is 0. The summed E-state index contributed by atoms with van der Waals surface area (Å²) in [6.45, 7) is 0.817. The number of anilines is 1. The van der Waals surface area contributed by atoms with Gasteiger partial charge in [-0.15, -0.1) is 0 Å². The topological polar surface area (TPSA) is 95.8 Å². The van der Waals surface area contributed by atoms with E-state index in [0.717, 1.165) is 36.1 Å². The molecule has 0 bridgehead atoms. The highest BCUT2D eigenvalue weighted by Crippen LogP contribution is 2.26. The molecule has 0 saturated heterocycles. The van der Waals surface area contributed by atoms with Gasteiger partial charge in [0, 0.05) is 24.1 Å². The van der Waals surface area contributed by atoms with Crippen LogP contribution in [0, 0.1) is 5.92 Å². The third-order valence-corrected chi connectivity index (χ3v) is 4.80. The molecular formula is C19H21N5O2. The average Bonchev–Trinajstić information content (AvgIpc) is 3.28. The number of aliphatic hydroxyl groups excluding tert-OH is 1. The van der Waals surface area contributed by atoms with Gasteiger partial charge in [0.1, 0.15) is 0 Å². The van der Waals surface area contributed by atoms with E-state index in [4.69, 9.17) is 0 Å². The number of amides is 1.